The van der Waals surface area contributed by atoms with Gasteiger partial charge in [0.15, 0.2) is 0 Å². The molecule has 0 spiro atoms. The summed E-state index contributed by atoms with van der Waals surface area (Å²) < 4.78 is 19.3. The molecule has 0 saturated heterocycles. The second-order valence-corrected chi connectivity index (χ2v) is 4.29. The van der Waals surface area contributed by atoms with Crippen molar-refractivity contribution in [2.75, 3.05) is 7.05 Å². The van der Waals surface area contributed by atoms with Gasteiger partial charge in [-0.05, 0) is 37.2 Å². The van der Waals surface area contributed by atoms with Crippen molar-refractivity contribution in [2.24, 2.45) is 0 Å². The first-order chi connectivity index (χ1) is 8.74. The molecule has 0 amide bonds. The zero-order valence-electron chi connectivity index (χ0n) is 10.7. The van der Waals surface area contributed by atoms with Crippen molar-refractivity contribution < 1.29 is 8.81 Å². The summed E-state index contributed by atoms with van der Waals surface area (Å²) in [7, 11) is 1.86. The van der Waals surface area contributed by atoms with E-state index in [9.17, 15) is 4.39 Å². The summed E-state index contributed by atoms with van der Waals surface area (Å²) in [6, 6.07) is 10.8. The Morgan fingerprint density at radius 3 is 2.61 bits per heavy atom. The minimum absolute atomic E-state index is 0.00204. The average Bonchev–Trinajstić information content (AvgIpc) is 2.86. The van der Waals surface area contributed by atoms with Crippen molar-refractivity contribution in [2.45, 2.75) is 25.8 Å². The lowest BCUT2D eigenvalue weighted by Crippen LogP contribution is -2.18. The Balaban J connectivity index is 2.17. The number of furan rings is 1. The number of likely N-dealkylation sites (N-methyl/N-ethyl adjacent to an activating group) is 1. The van der Waals surface area contributed by atoms with Crippen LogP contribution in [0.5, 0.6) is 0 Å². The van der Waals surface area contributed by atoms with E-state index in [4.69, 9.17) is 4.42 Å². The minimum atomic E-state index is -0.167. The normalized spacial score (nSPS) is 12.6. The van der Waals surface area contributed by atoms with Crippen LogP contribution in [0.2, 0.25) is 0 Å². The molecular weight excluding hydrogens is 229 g/mol. The maximum Gasteiger partial charge on any atom is 0.126 e. The number of halogens is 1. The van der Waals surface area contributed by atoms with Crippen molar-refractivity contribution in [3.05, 3.63) is 59.3 Å². The Morgan fingerprint density at radius 2 is 2.00 bits per heavy atom. The van der Waals surface area contributed by atoms with E-state index in [-0.39, 0.29) is 11.9 Å². The molecule has 1 aromatic heterocycles. The summed E-state index contributed by atoms with van der Waals surface area (Å²) in [5.41, 5.74) is 0.700. The molecule has 1 atom stereocenters. The first-order valence-electron chi connectivity index (χ1n) is 6.24. The molecule has 96 valence electrons. The molecule has 0 radical (unpaired) electrons. The van der Waals surface area contributed by atoms with Gasteiger partial charge in [-0.3, -0.25) is 0 Å². The molecule has 3 heteroatoms. The lowest BCUT2D eigenvalue weighted by atomic mass is 10.0. The Morgan fingerprint density at radius 1 is 1.22 bits per heavy atom. The predicted molar refractivity (Wildman–Crippen MR) is 70.0 cm³/mol. The second kappa shape index (κ2) is 5.83. The molecule has 1 unspecified atom stereocenters. The van der Waals surface area contributed by atoms with Crippen LogP contribution in [0.25, 0.3) is 0 Å². The third-order valence-corrected chi connectivity index (χ3v) is 3.10. The van der Waals surface area contributed by atoms with Crippen molar-refractivity contribution in [3.8, 4) is 0 Å². The highest BCUT2D eigenvalue weighted by atomic mass is 19.1. The number of rotatable bonds is 5. The quantitative estimate of drug-likeness (QED) is 0.875. The number of hydrogen-bond acceptors (Lipinski definition) is 2. The first kappa shape index (κ1) is 12.8. The summed E-state index contributed by atoms with van der Waals surface area (Å²) in [5, 5.41) is 3.17. The molecule has 0 aliphatic rings. The molecule has 0 bridgehead atoms. The first-order valence-corrected chi connectivity index (χ1v) is 6.24. The van der Waals surface area contributed by atoms with Gasteiger partial charge >= 0.3 is 0 Å². The summed E-state index contributed by atoms with van der Waals surface area (Å²) in [5.74, 6) is 1.65. The van der Waals surface area contributed by atoms with Gasteiger partial charge in [-0.15, -0.1) is 0 Å². The lowest BCUT2D eigenvalue weighted by molar-refractivity contribution is 0.404. The second-order valence-electron chi connectivity index (χ2n) is 4.29. The van der Waals surface area contributed by atoms with Crippen LogP contribution in [0, 0.1) is 5.82 Å². The smallest absolute Gasteiger partial charge is 0.126 e. The Labute approximate surface area is 107 Å². The van der Waals surface area contributed by atoms with Crippen molar-refractivity contribution >= 4 is 0 Å². The van der Waals surface area contributed by atoms with Gasteiger partial charge in [-0.1, -0.05) is 25.1 Å². The molecule has 18 heavy (non-hydrogen) atoms. The molecule has 1 heterocycles. The van der Waals surface area contributed by atoms with Crippen LogP contribution in [0.15, 0.2) is 40.8 Å². The van der Waals surface area contributed by atoms with E-state index in [1.165, 1.54) is 6.07 Å². The lowest BCUT2D eigenvalue weighted by Gasteiger charge is -2.14. The van der Waals surface area contributed by atoms with E-state index in [1.807, 2.05) is 38.2 Å². The van der Waals surface area contributed by atoms with Gasteiger partial charge in [-0.2, -0.15) is 0 Å². The maximum atomic E-state index is 13.6. The summed E-state index contributed by atoms with van der Waals surface area (Å²) in [4.78, 5) is 0. The molecule has 1 aromatic carbocycles. The van der Waals surface area contributed by atoms with E-state index in [0.717, 1.165) is 17.9 Å². The SMILES string of the molecule is CCc1ccc(C(Cc2ccccc2F)NC)o1. The van der Waals surface area contributed by atoms with E-state index >= 15 is 0 Å². The molecule has 1 N–H and O–H groups in total. The van der Waals surface area contributed by atoms with Gasteiger partial charge in [0, 0.05) is 6.42 Å². The molecule has 0 aliphatic heterocycles. The number of hydrogen-bond donors (Lipinski definition) is 1. The fourth-order valence-corrected chi connectivity index (χ4v) is 2.00. The van der Waals surface area contributed by atoms with Crippen LogP contribution in [0.4, 0.5) is 4.39 Å². The van der Waals surface area contributed by atoms with Gasteiger partial charge < -0.3 is 9.73 Å². The Kier molecular flexibility index (Phi) is 4.15. The Bertz CT molecular complexity index is 507. The van der Waals surface area contributed by atoms with Crippen molar-refractivity contribution in [3.63, 3.8) is 0 Å². The van der Waals surface area contributed by atoms with E-state index < -0.39 is 0 Å². The average molecular weight is 247 g/mol. The molecule has 2 nitrogen and oxygen atoms in total. The van der Waals surface area contributed by atoms with E-state index in [1.54, 1.807) is 6.07 Å². The molecule has 0 aliphatic carbocycles. The summed E-state index contributed by atoms with van der Waals surface area (Å²) in [6.45, 7) is 2.05. The van der Waals surface area contributed by atoms with Crippen LogP contribution in [-0.2, 0) is 12.8 Å². The molecule has 2 aromatic rings. The fourth-order valence-electron chi connectivity index (χ4n) is 2.00. The number of aryl methyl sites for hydroxylation is 1. The Hall–Kier alpha value is -1.61. The zero-order chi connectivity index (χ0) is 13.0. The van der Waals surface area contributed by atoms with Gasteiger partial charge in [0.1, 0.15) is 17.3 Å². The minimum Gasteiger partial charge on any atom is -0.464 e. The largest absolute Gasteiger partial charge is 0.464 e. The van der Waals surface area contributed by atoms with Crippen LogP contribution in [0.3, 0.4) is 0 Å². The topological polar surface area (TPSA) is 25.2 Å². The van der Waals surface area contributed by atoms with Crippen molar-refractivity contribution in [1.82, 2.24) is 5.32 Å². The number of benzene rings is 1. The van der Waals surface area contributed by atoms with E-state index in [0.29, 0.717) is 12.0 Å². The third-order valence-electron chi connectivity index (χ3n) is 3.10. The monoisotopic (exact) mass is 247 g/mol. The molecular formula is C15H18FNO. The van der Waals surface area contributed by atoms with Gasteiger partial charge in [0.2, 0.25) is 0 Å². The highest BCUT2D eigenvalue weighted by molar-refractivity contribution is 5.21. The highest BCUT2D eigenvalue weighted by Crippen LogP contribution is 2.22. The van der Waals surface area contributed by atoms with Crippen LogP contribution in [0.1, 0.15) is 30.0 Å². The summed E-state index contributed by atoms with van der Waals surface area (Å²) in [6.07, 6.45) is 1.45. The number of nitrogens with one attached hydrogen (secondary N) is 1. The van der Waals surface area contributed by atoms with Gasteiger partial charge in [-0.25, -0.2) is 4.39 Å². The van der Waals surface area contributed by atoms with Crippen LogP contribution in [-0.4, -0.2) is 7.05 Å². The third kappa shape index (κ3) is 2.79. The van der Waals surface area contributed by atoms with Gasteiger partial charge in [0.25, 0.3) is 0 Å². The van der Waals surface area contributed by atoms with Crippen molar-refractivity contribution in [1.29, 1.82) is 0 Å². The van der Waals surface area contributed by atoms with Crippen LogP contribution >= 0.6 is 0 Å². The van der Waals surface area contributed by atoms with Crippen LogP contribution < -0.4 is 5.32 Å². The predicted octanol–water partition coefficient (Wildman–Crippen LogP) is 3.48. The molecule has 2 rings (SSSR count). The summed E-state index contributed by atoms with van der Waals surface area (Å²) >= 11 is 0. The zero-order valence-corrected chi connectivity index (χ0v) is 10.7. The standard InChI is InChI=1S/C15H18FNO/c1-3-12-8-9-15(18-12)14(17-2)10-11-6-4-5-7-13(11)16/h4-9,14,17H,3,10H2,1-2H3. The molecule has 0 saturated carbocycles. The van der Waals surface area contributed by atoms with Gasteiger partial charge in [0.05, 0.1) is 6.04 Å². The molecule has 0 fully saturated rings. The van der Waals surface area contributed by atoms with E-state index in [2.05, 4.69) is 5.32 Å². The highest BCUT2D eigenvalue weighted by Gasteiger charge is 2.15. The fraction of sp³-hybridized carbons (Fsp3) is 0.333. The maximum absolute atomic E-state index is 13.6.